The van der Waals surface area contributed by atoms with Crippen molar-refractivity contribution in [3.05, 3.63) is 25.3 Å². The monoisotopic (exact) mass is 490 g/mol. The highest BCUT2D eigenvalue weighted by Crippen LogP contribution is 2.59. The Hall–Kier alpha value is -2.19. The number of amides is 2. The van der Waals surface area contributed by atoms with Gasteiger partial charge >= 0.3 is 5.97 Å². The van der Waals surface area contributed by atoms with Crippen LogP contribution in [-0.4, -0.2) is 82.3 Å². The van der Waals surface area contributed by atoms with Crippen LogP contribution in [0.4, 0.5) is 0 Å². The lowest BCUT2D eigenvalue weighted by molar-refractivity contribution is -0.155. The average Bonchev–Trinajstić information content (AvgIpc) is 3.44. The van der Waals surface area contributed by atoms with Crippen LogP contribution in [0.15, 0.2) is 25.3 Å². The number of carbonyl (C=O) groups excluding carboxylic acids is 3. The summed E-state index contributed by atoms with van der Waals surface area (Å²) in [5.74, 6) is -2.19. The van der Waals surface area contributed by atoms with Gasteiger partial charge in [-0.25, -0.2) is 0 Å². The standard InChI is InChI=1S/C27H42N2O6/c1-6-8-12-18-34-25(33)20-19-13-14-27(35-19)21(20)23(31)28(16-10-9-11-17-30)22(27)24(32)29(15-7-2)26(3,4)5/h6-7,19-22,30H,1-2,8-18H2,3-5H3/t19-,20+,21+,22?,27?/m1/s1. The van der Waals surface area contributed by atoms with Crippen LogP contribution in [0.2, 0.25) is 0 Å². The van der Waals surface area contributed by atoms with Crippen LogP contribution in [0.25, 0.3) is 0 Å². The number of carbonyl (C=O) groups is 3. The lowest BCUT2D eigenvalue weighted by atomic mass is 9.70. The minimum absolute atomic E-state index is 0.0879. The Bertz CT molecular complexity index is 821. The van der Waals surface area contributed by atoms with Crippen LogP contribution >= 0.6 is 0 Å². The molecule has 3 aliphatic heterocycles. The lowest BCUT2D eigenvalue weighted by Crippen LogP contribution is -2.59. The van der Waals surface area contributed by atoms with E-state index in [4.69, 9.17) is 14.6 Å². The first-order valence-electron chi connectivity index (χ1n) is 12.9. The molecule has 3 heterocycles. The van der Waals surface area contributed by atoms with Gasteiger partial charge in [0.1, 0.15) is 11.6 Å². The van der Waals surface area contributed by atoms with Gasteiger partial charge in [0.15, 0.2) is 0 Å². The van der Waals surface area contributed by atoms with Crippen molar-refractivity contribution in [2.75, 3.05) is 26.3 Å². The first-order valence-corrected chi connectivity index (χ1v) is 12.9. The molecule has 8 heteroatoms. The number of esters is 1. The Morgan fingerprint density at radius 1 is 1.23 bits per heavy atom. The summed E-state index contributed by atoms with van der Waals surface area (Å²) in [6.07, 6.45) is 7.70. The van der Waals surface area contributed by atoms with Gasteiger partial charge in [-0.2, -0.15) is 0 Å². The molecule has 0 aromatic rings. The van der Waals surface area contributed by atoms with Crippen molar-refractivity contribution in [1.29, 1.82) is 0 Å². The maximum absolute atomic E-state index is 14.1. The van der Waals surface area contributed by atoms with Crippen molar-refractivity contribution in [2.24, 2.45) is 11.8 Å². The summed E-state index contributed by atoms with van der Waals surface area (Å²) in [6, 6.07) is -0.795. The van der Waals surface area contributed by atoms with E-state index in [1.54, 1.807) is 22.0 Å². The fraction of sp³-hybridized carbons (Fsp3) is 0.741. The molecule has 3 aliphatic rings. The molecule has 2 unspecified atom stereocenters. The molecular weight excluding hydrogens is 448 g/mol. The van der Waals surface area contributed by atoms with Gasteiger partial charge in [0, 0.05) is 25.2 Å². The smallest absolute Gasteiger partial charge is 0.312 e. The van der Waals surface area contributed by atoms with E-state index in [9.17, 15) is 14.4 Å². The van der Waals surface area contributed by atoms with Crippen molar-refractivity contribution >= 4 is 17.8 Å². The Balaban J connectivity index is 1.93. The zero-order valence-corrected chi connectivity index (χ0v) is 21.5. The number of hydrogen-bond donors (Lipinski definition) is 1. The maximum atomic E-state index is 14.1. The summed E-state index contributed by atoms with van der Waals surface area (Å²) in [5, 5.41) is 9.16. The van der Waals surface area contributed by atoms with Crippen molar-refractivity contribution in [3.63, 3.8) is 0 Å². The number of fused-ring (bicyclic) bond motifs is 1. The molecule has 0 aromatic carbocycles. The van der Waals surface area contributed by atoms with E-state index in [1.165, 1.54) is 0 Å². The Morgan fingerprint density at radius 3 is 2.60 bits per heavy atom. The number of rotatable bonds is 13. The summed E-state index contributed by atoms with van der Waals surface area (Å²) >= 11 is 0. The molecule has 0 radical (unpaired) electrons. The predicted molar refractivity (Wildman–Crippen MR) is 132 cm³/mol. The minimum atomic E-state index is -1.02. The zero-order chi connectivity index (χ0) is 25.8. The van der Waals surface area contributed by atoms with Crippen LogP contribution in [-0.2, 0) is 23.9 Å². The molecule has 0 aliphatic carbocycles. The number of ether oxygens (including phenoxy) is 2. The minimum Gasteiger partial charge on any atom is -0.465 e. The van der Waals surface area contributed by atoms with Crippen molar-refractivity contribution in [2.45, 2.75) is 89.0 Å². The topological polar surface area (TPSA) is 96.4 Å². The fourth-order valence-electron chi connectivity index (χ4n) is 5.98. The number of aliphatic hydroxyl groups excluding tert-OH is 1. The first-order chi connectivity index (χ1) is 16.6. The maximum Gasteiger partial charge on any atom is 0.312 e. The van der Waals surface area contributed by atoms with Gasteiger partial charge in [0.25, 0.3) is 0 Å². The lowest BCUT2D eigenvalue weighted by Gasteiger charge is -2.42. The van der Waals surface area contributed by atoms with Crippen LogP contribution in [0.5, 0.6) is 0 Å². The summed E-state index contributed by atoms with van der Waals surface area (Å²) in [5.41, 5.74) is -1.50. The molecule has 0 saturated carbocycles. The van der Waals surface area contributed by atoms with E-state index in [-0.39, 0.29) is 25.0 Å². The molecular formula is C27H42N2O6. The molecule has 0 aromatic heterocycles. The molecule has 2 bridgehead atoms. The van der Waals surface area contributed by atoms with Gasteiger partial charge in [-0.15, -0.1) is 13.2 Å². The van der Waals surface area contributed by atoms with Crippen LogP contribution in [0.1, 0.15) is 65.7 Å². The van der Waals surface area contributed by atoms with Gasteiger partial charge in [-0.1, -0.05) is 12.2 Å². The highest BCUT2D eigenvalue weighted by molar-refractivity contribution is 5.98. The molecule has 3 saturated heterocycles. The summed E-state index contributed by atoms with van der Waals surface area (Å²) in [6.45, 7) is 14.5. The van der Waals surface area contributed by atoms with E-state index < -0.39 is 41.1 Å². The second-order valence-electron chi connectivity index (χ2n) is 10.9. The van der Waals surface area contributed by atoms with E-state index >= 15 is 0 Å². The highest BCUT2D eigenvalue weighted by atomic mass is 16.6. The largest absolute Gasteiger partial charge is 0.465 e. The van der Waals surface area contributed by atoms with Crippen LogP contribution in [0, 0.1) is 11.8 Å². The van der Waals surface area contributed by atoms with E-state index in [0.29, 0.717) is 45.2 Å². The van der Waals surface area contributed by atoms with E-state index in [0.717, 1.165) is 12.8 Å². The van der Waals surface area contributed by atoms with Crippen molar-refractivity contribution < 1.29 is 29.0 Å². The van der Waals surface area contributed by atoms with Crippen LogP contribution < -0.4 is 0 Å². The number of allylic oxidation sites excluding steroid dienone is 1. The first kappa shape index (κ1) is 27.4. The molecule has 2 amide bonds. The number of unbranched alkanes of at least 4 members (excludes halogenated alkanes) is 3. The average molecular weight is 491 g/mol. The summed E-state index contributed by atoms with van der Waals surface area (Å²) in [4.78, 5) is 44.5. The Labute approximate surface area is 209 Å². The zero-order valence-electron chi connectivity index (χ0n) is 21.5. The fourth-order valence-corrected chi connectivity index (χ4v) is 5.98. The van der Waals surface area contributed by atoms with Gasteiger partial charge in [0.05, 0.1) is 24.5 Å². The quantitative estimate of drug-likeness (QED) is 0.242. The molecule has 8 nitrogen and oxygen atoms in total. The molecule has 1 spiro atoms. The molecule has 5 atom stereocenters. The number of aliphatic hydroxyl groups is 1. The van der Waals surface area contributed by atoms with Crippen molar-refractivity contribution in [3.8, 4) is 0 Å². The third-order valence-electron chi connectivity index (χ3n) is 7.55. The van der Waals surface area contributed by atoms with Gasteiger partial charge in [-0.05, 0) is 65.7 Å². The number of hydrogen-bond acceptors (Lipinski definition) is 6. The molecule has 35 heavy (non-hydrogen) atoms. The number of nitrogens with zero attached hydrogens (tertiary/aromatic N) is 2. The third-order valence-corrected chi connectivity index (χ3v) is 7.55. The molecule has 3 fully saturated rings. The second-order valence-corrected chi connectivity index (χ2v) is 10.9. The highest BCUT2D eigenvalue weighted by Gasteiger charge is 2.75. The predicted octanol–water partition coefficient (Wildman–Crippen LogP) is 2.85. The second kappa shape index (κ2) is 11.2. The summed E-state index contributed by atoms with van der Waals surface area (Å²) in [7, 11) is 0. The van der Waals surface area contributed by atoms with Crippen LogP contribution in [0.3, 0.4) is 0 Å². The molecule has 3 rings (SSSR count). The Kier molecular flexibility index (Phi) is 8.81. The van der Waals surface area contributed by atoms with Gasteiger partial charge < -0.3 is 24.4 Å². The third kappa shape index (κ3) is 5.19. The van der Waals surface area contributed by atoms with E-state index in [1.807, 2.05) is 20.8 Å². The normalized spacial score (nSPS) is 29.3. The SMILES string of the molecule is C=CCCCOC(=O)[C@@H]1[C@H]2C(=O)N(CCCCCO)C(C(=O)N(CC=C)C(C)(C)C)C23CC[C@H]1O3. The van der Waals surface area contributed by atoms with E-state index in [2.05, 4.69) is 13.2 Å². The summed E-state index contributed by atoms with van der Waals surface area (Å²) < 4.78 is 12.0. The Morgan fingerprint density at radius 2 is 1.97 bits per heavy atom. The number of likely N-dealkylation sites (tertiary alicyclic amines) is 1. The van der Waals surface area contributed by atoms with Gasteiger partial charge in [-0.3, -0.25) is 14.4 Å². The van der Waals surface area contributed by atoms with Crippen molar-refractivity contribution in [1.82, 2.24) is 9.80 Å². The molecule has 1 N–H and O–H groups in total. The molecule has 196 valence electrons. The van der Waals surface area contributed by atoms with Gasteiger partial charge in [0.2, 0.25) is 11.8 Å².